The number of fused-ring (bicyclic) bond motifs is 1. The Morgan fingerprint density at radius 1 is 1.65 bits per heavy atom. The van der Waals surface area contributed by atoms with Crippen LogP contribution in [0.1, 0.15) is 20.8 Å². The van der Waals surface area contributed by atoms with E-state index in [0.717, 1.165) is 17.6 Å². The van der Waals surface area contributed by atoms with Crippen molar-refractivity contribution in [1.29, 1.82) is 10.8 Å². The lowest BCUT2D eigenvalue weighted by Gasteiger charge is -2.25. The van der Waals surface area contributed by atoms with Crippen LogP contribution in [-0.2, 0) is 4.74 Å². The molecule has 0 aliphatic carbocycles. The summed E-state index contributed by atoms with van der Waals surface area (Å²) in [7, 11) is 0. The summed E-state index contributed by atoms with van der Waals surface area (Å²) in [4.78, 5) is 6.48. The van der Waals surface area contributed by atoms with E-state index >= 15 is 0 Å². The largest absolute Gasteiger partial charge is 0.343 e. The SMILES string of the molecule is CC1=CN=C(C(C)C)N(CC(=N)C=N)C2OC12. The first kappa shape index (κ1) is 12.0. The van der Waals surface area contributed by atoms with Crippen LogP contribution in [0.15, 0.2) is 16.8 Å². The van der Waals surface area contributed by atoms with Crippen molar-refractivity contribution in [3.63, 3.8) is 0 Å². The van der Waals surface area contributed by atoms with E-state index in [9.17, 15) is 0 Å². The van der Waals surface area contributed by atoms with Crippen molar-refractivity contribution in [1.82, 2.24) is 4.90 Å². The molecule has 0 aromatic heterocycles. The van der Waals surface area contributed by atoms with Crippen molar-refractivity contribution in [2.75, 3.05) is 6.54 Å². The Hall–Kier alpha value is -1.49. The first-order chi connectivity index (χ1) is 8.04. The van der Waals surface area contributed by atoms with Gasteiger partial charge >= 0.3 is 0 Å². The smallest absolute Gasteiger partial charge is 0.162 e. The van der Waals surface area contributed by atoms with E-state index in [0.29, 0.717) is 6.54 Å². The third kappa shape index (κ3) is 2.29. The lowest BCUT2D eigenvalue weighted by atomic mass is 10.1. The number of hydrogen-bond acceptors (Lipinski definition) is 5. The highest BCUT2D eigenvalue weighted by atomic mass is 16.6. The molecule has 0 spiro atoms. The molecule has 2 heterocycles. The van der Waals surface area contributed by atoms with Gasteiger partial charge in [0.15, 0.2) is 6.23 Å². The zero-order valence-electron chi connectivity index (χ0n) is 10.4. The van der Waals surface area contributed by atoms with E-state index in [1.165, 1.54) is 0 Å². The zero-order chi connectivity index (χ0) is 12.6. The summed E-state index contributed by atoms with van der Waals surface area (Å²) in [6, 6.07) is 0. The molecule has 0 bridgehead atoms. The number of nitrogens with one attached hydrogen (secondary N) is 2. The second-order valence-electron chi connectivity index (χ2n) is 4.76. The second kappa shape index (κ2) is 4.41. The summed E-state index contributed by atoms with van der Waals surface area (Å²) in [5.41, 5.74) is 1.39. The zero-order valence-corrected chi connectivity index (χ0v) is 10.4. The minimum Gasteiger partial charge on any atom is -0.343 e. The highest BCUT2D eigenvalue weighted by Gasteiger charge is 2.47. The molecule has 92 valence electrons. The van der Waals surface area contributed by atoms with Gasteiger partial charge in [-0.25, -0.2) is 4.99 Å². The van der Waals surface area contributed by atoms with Gasteiger partial charge in [0.05, 0.1) is 12.3 Å². The maximum atomic E-state index is 7.62. The van der Waals surface area contributed by atoms with Gasteiger partial charge in [0.2, 0.25) is 0 Å². The summed E-state index contributed by atoms with van der Waals surface area (Å²) >= 11 is 0. The molecule has 5 heteroatoms. The van der Waals surface area contributed by atoms with E-state index in [1.807, 2.05) is 18.0 Å². The Morgan fingerprint density at radius 2 is 2.35 bits per heavy atom. The number of hydrogen-bond donors (Lipinski definition) is 2. The Balaban J connectivity index is 2.23. The van der Waals surface area contributed by atoms with Crippen LogP contribution in [-0.4, -0.2) is 41.5 Å². The molecule has 2 unspecified atom stereocenters. The number of nitrogens with zero attached hydrogens (tertiary/aromatic N) is 2. The molecule has 0 radical (unpaired) electrons. The molecule has 1 fully saturated rings. The molecule has 17 heavy (non-hydrogen) atoms. The topological polar surface area (TPSA) is 75.8 Å². The predicted molar refractivity (Wildman–Crippen MR) is 67.9 cm³/mol. The molecule has 2 atom stereocenters. The van der Waals surface area contributed by atoms with E-state index in [4.69, 9.17) is 15.6 Å². The Kier molecular flexibility index (Phi) is 3.11. The fraction of sp³-hybridized carbons (Fsp3) is 0.583. The van der Waals surface area contributed by atoms with Gasteiger partial charge in [0.1, 0.15) is 11.9 Å². The highest BCUT2D eigenvalue weighted by Crippen LogP contribution is 2.35. The van der Waals surface area contributed by atoms with Gasteiger partial charge in [-0.2, -0.15) is 0 Å². The van der Waals surface area contributed by atoms with Gasteiger partial charge in [-0.15, -0.1) is 0 Å². The molecule has 2 rings (SSSR count). The fourth-order valence-electron chi connectivity index (χ4n) is 2.00. The normalized spacial score (nSPS) is 26.9. The van der Waals surface area contributed by atoms with Crippen molar-refractivity contribution in [3.8, 4) is 0 Å². The van der Waals surface area contributed by atoms with Gasteiger partial charge in [0, 0.05) is 18.3 Å². The summed E-state index contributed by atoms with van der Waals surface area (Å²) in [5, 5.41) is 14.7. The summed E-state index contributed by atoms with van der Waals surface area (Å²) in [6.07, 6.45) is 3.03. The minimum atomic E-state index is -0.00444. The average Bonchev–Trinajstić information content (AvgIpc) is 3.05. The minimum absolute atomic E-state index is 0.00444. The first-order valence-corrected chi connectivity index (χ1v) is 5.79. The third-order valence-electron chi connectivity index (χ3n) is 2.95. The average molecular weight is 234 g/mol. The van der Waals surface area contributed by atoms with Gasteiger partial charge in [-0.3, -0.25) is 0 Å². The van der Waals surface area contributed by atoms with Gasteiger partial charge < -0.3 is 20.5 Å². The molecule has 5 nitrogen and oxygen atoms in total. The van der Waals surface area contributed by atoms with Crippen LogP contribution in [0, 0.1) is 16.7 Å². The number of amidine groups is 1. The van der Waals surface area contributed by atoms with Crippen molar-refractivity contribution < 1.29 is 4.74 Å². The molecule has 2 aliphatic rings. The van der Waals surface area contributed by atoms with Crippen LogP contribution in [0.3, 0.4) is 0 Å². The summed E-state index contributed by atoms with van der Waals surface area (Å²) < 4.78 is 5.61. The van der Waals surface area contributed by atoms with Crippen LogP contribution in [0.5, 0.6) is 0 Å². The van der Waals surface area contributed by atoms with Crippen molar-refractivity contribution in [3.05, 3.63) is 11.8 Å². The standard InChI is InChI=1S/C12H18N4O/c1-7(2)11-15-5-8(3)10-12(17-10)16(11)6-9(14)4-13/h4-5,7,10,12-14H,6H2,1-3H3. The molecule has 0 aromatic rings. The molecular formula is C12H18N4O. The maximum Gasteiger partial charge on any atom is 0.162 e. The number of epoxide rings is 1. The molecule has 0 saturated carbocycles. The maximum absolute atomic E-state index is 7.62. The van der Waals surface area contributed by atoms with Gasteiger partial charge in [-0.1, -0.05) is 13.8 Å². The van der Waals surface area contributed by atoms with E-state index in [1.54, 1.807) is 0 Å². The molecule has 0 aromatic carbocycles. The monoisotopic (exact) mass is 234 g/mol. The highest BCUT2D eigenvalue weighted by molar-refractivity contribution is 6.29. The Bertz CT molecular complexity index is 411. The lowest BCUT2D eigenvalue weighted by molar-refractivity contribution is 0.269. The molecule has 0 amide bonds. The van der Waals surface area contributed by atoms with E-state index in [-0.39, 0.29) is 24.0 Å². The number of aliphatic imine (C=N–C) groups is 1. The van der Waals surface area contributed by atoms with E-state index < -0.39 is 0 Å². The second-order valence-corrected chi connectivity index (χ2v) is 4.76. The Morgan fingerprint density at radius 3 is 2.94 bits per heavy atom. The fourth-order valence-corrected chi connectivity index (χ4v) is 2.00. The molecule has 2 N–H and O–H groups in total. The Labute approximate surface area is 101 Å². The van der Waals surface area contributed by atoms with Crippen LogP contribution >= 0.6 is 0 Å². The molecular weight excluding hydrogens is 216 g/mol. The van der Waals surface area contributed by atoms with Gasteiger partial charge in [0.25, 0.3) is 0 Å². The molecule has 2 aliphatic heterocycles. The quantitative estimate of drug-likeness (QED) is 0.573. The van der Waals surface area contributed by atoms with Crippen molar-refractivity contribution in [2.45, 2.75) is 33.1 Å². The van der Waals surface area contributed by atoms with Crippen LogP contribution in [0.2, 0.25) is 0 Å². The predicted octanol–water partition coefficient (Wildman–Crippen LogP) is 1.65. The number of rotatable bonds is 4. The van der Waals surface area contributed by atoms with Crippen molar-refractivity contribution >= 4 is 17.8 Å². The van der Waals surface area contributed by atoms with Gasteiger partial charge in [-0.05, 0) is 12.5 Å². The van der Waals surface area contributed by atoms with Crippen LogP contribution < -0.4 is 0 Å². The van der Waals surface area contributed by atoms with Crippen LogP contribution in [0.25, 0.3) is 0 Å². The summed E-state index contributed by atoms with van der Waals surface area (Å²) in [6.45, 7) is 6.55. The lowest BCUT2D eigenvalue weighted by Crippen LogP contribution is -2.41. The van der Waals surface area contributed by atoms with E-state index in [2.05, 4.69) is 18.8 Å². The third-order valence-corrected chi connectivity index (χ3v) is 2.95. The number of ether oxygens (including phenoxy) is 1. The molecule has 1 saturated heterocycles. The summed E-state index contributed by atoms with van der Waals surface area (Å²) in [5.74, 6) is 1.21. The van der Waals surface area contributed by atoms with Crippen LogP contribution in [0.4, 0.5) is 0 Å². The van der Waals surface area contributed by atoms with Crippen molar-refractivity contribution in [2.24, 2.45) is 10.9 Å². The first-order valence-electron chi connectivity index (χ1n) is 5.79.